The number of benzene rings is 3. The van der Waals surface area contributed by atoms with Crippen LogP contribution in [0, 0.1) is 0 Å². The molecule has 0 bridgehead atoms. The number of hydrazine groups is 1. The number of rotatable bonds is 7. The molecule has 3 amide bonds. The highest BCUT2D eigenvalue weighted by molar-refractivity contribution is 7.80. The number of nitrogens with one attached hydrogen (secondary N) is 2. The summed E-state index contributed by atoms with van der Waals surface area (Å²) in [7, 11) is 0. The lowest BCUT2D eigenvalue weighted by molar-refractivity contribution is -0.131. The fraction of sp³-hybridized carbons (Fsp3) is 0.120. The minimum absolute atomic E-state index is 0.144. The van der Waals surface area contributed by atoms with E-state index < -0.39 is 11.9 Å². The van der Waals surface area contributed by atoms with Gasteiger partial charge in [-0.1, -0.05) is 66.7 Å². The van der Waals surface area contributed by atoms with Crippen molar-refractivity contribution in [1.82, 2.24) is 15.3 Å². The summed E-state index contributed by atoms with van der Waals surface area (Å²) in [4.78, 5) is 40.2. The first-order chi connectivity index (χ1) is 16.0. The topological polar surface area (TPSA) is 81.8 Å². The maximum absolute atomic E-state index is 13.3. The Hall–Kier alpha value is -4.04. The second kappa shape index (κ2) is 10.1. The lowest BCUT2D eigenvalue weighted by Gasteiger charge is -2.24. The number of hydrogen-bond acceptors (Lipinski definition) is 4. The van der Waals surface area contributed by atoms with E-state index in [1.54, 1.807) is 54.6 Å². The lowest BCUT2D eigenvalue weighted by atomic mass is 10.1. The summed E-state index contributed by atoms with van der Waals surface area (Å²) in [5.41, 5.74) is 4.65. The van der Waals surface area contributed by atoms with Crippen molar-refractivity contribution in [3.63, 3.8) is 0 Å². The minimum Gasteiger partial charge on any atom is -0.326 e. The van der Waals surface area contributed by atoms with Crippen molar-refractivity contribution in [2.45, 2.75) is 19.0 Å². The molecule has 1 heterocycles. The Kier molecular flexibility index (Phi) is 6.75. The first-order valence-corrected chi connectivity index (χ1v) is 10.8. The largest absolute Gasteiger partial charge is 0.326 e. The standard InChI is InChI=1S/C25H22N4O3S/c30-22(26-20-14-8-3-9-15-20)16-21-24(32)28(17-18-10-4-1-5-11-18)25(33)29(21)27-23(31)19-12-6-2-7-13-19/h1-15,21H,16-17H2,(H,26,30)(H,27,31)/t21-/m0/s1. The number of anilines is 1. The fourth-order valence-electron chi connectivity index (χ4n) is 3.54. The maximum atomic E-state index is 13.3. The number of amides is 3. The Balaban J connectivity index is 1.55. The normalized spacial score (nSPS) is 15.5. The Bertz CT molecular complexity index is 1160. The van der Waals surface area contributed by atoms with Crippen LogP contribution in [0.5, 0.6) is 0 Å². The highest BCUT2D eigenvalue weighted by Crippen LogP contribution is 2.22. The van der Waals surface area contributed by atoms with E-state index in [2.05, 4.69) is 10.7 Å². The average molecular weight is 459 g/mol. The third kappa shape index (κ3) is 5.24. The molecule has 0 aromatic heterocycles. The van der Waals surface area contributed by atoms with E-state index in [0.29, 0.717) is 11.3 Å². The SMILES string of the molecule is O=C(C[C@H]1C(=O)N(Cc2ccccc2)C(=S)N1NC(=O)c1ccccc1)Nc1ccccc1. The molecule has 1 saturated heterocycles. The molecular formula is C25H22N4O3S. The Labute approximate surface area is 197 Å². The van der Waals surface area contributed by atoms with Gasteiger partial charge >= 0.3 is 0 Å². The molecule has 0 saturated carbocycles. The van der Waals surface area contributed by atoms with Crippen LogP contribution in [-0.4, -0.2) is 38.8 Å². The van der Waals surface area contributed by atoms with E-state index in [-0.39, 0.29) is 29.9 Å². The van der Waals surface area contributed by atoms with Crippen molar-refractivity contribution < 1.29 is 14.4 Å². The first kappa shape index (κ1) is 22.2. The molecule has 2 N–H and O–H groups in total. The molecule has 7 nitrogen and oxygen atoms in total. The van der Waals surface area contributed by atoms with Crippen molar-refractivity contribution in [3.05, 3.63) is 102 Å². The summed E-state index contributed by atoms with van der Waals surface area (Å²) >= 11 is 5.55. The lowest BCUT2D eigenvalue weighted by Crippen LogP contribution is -2.49. The van der Waals surface area contributed by atoms with E-state index in [9.17, 15) is 14.4 Å². The highest BCUT2D eigenvalue weighted by Gasteiger charge is 2.44. The summed E-state index contributed by atoms with van der Waals surface area (Å²) in [6.45, 7) is 0.243. The third-order valence-electron chi connectivity index (χ3n) is 5.18. The molecule has 0 aliphatic carbocycles. The van der Waals surface area contributed by atoms with Crippen LogP contribution in [0.15, 0.2) is 91.0 Å². The predicted octanol–water partition coefficient (Wildman–Crippen LogP) is 3.36. The molecule has 3 aromatic rings. The van der Waals surface area contributed by atoms with Crippen LogP contribution in [0.2, 0.25) is 0 Å². The van der Waals surface area contributed by atoms with Gasteiger partial charge in [0.2, 0.25) is 5.91 Å². The van der Waals surface area contributed by atoms with Gasteiger partial charge in [-0.05, 0) is 42.0 Å². The molecule has 1 aliphatic heterocycles. The van der Waals surface area contributed by atoms with Gasteiger partial charge in [-0.2, -0.15) is 0 Å². The molecule has 3 aromatic carbocycles. The average Bonchev–Trinajstić information content (AvgIpc) is 3.05. The van der Waals surface area contributed by atoms with Crippen LogP contribution in [0.3, 0.4) is 0 Å². The van der Waals surface area contributed by atoms with Crippen LogP contribution >= 0.6 is 12.2 Å². The number of nitrogens with zero attached hydrogens (tertiary/aromatic N) is 2. The molecular weight excluding hydrogens is 436 g/mol. The quantitative estimate of drug-likeness (QED) is 0.531. The van der Waals surface area contributed by atoms with Gasteiger partial charge in [-0.3, -0.25) is 24.7 Å². The number of carbonyl (C=O) groups is 3. The highest BCUT2D eigenvalue weighted by atomic mass is 32.1. The molecule has 0 unspecified atom stereocenters. The van der Waals surface area contributed by atoms with Crippen molar-refractivity contribution in [1.29, 1.82) is 0 Å². The monoisotopic (exact) mass is 458 g/mol. The van der Waals surface area contributed by atoms with Crippen LogP contribution in [0.25, 0.3) is 0 Å². The van der Waals surface area contributed by atoms with Gasteiger partial charge in [0.05, 0.1) is 13.0 Å². The van der Waals surface area contributed by atoms with Crippen LogP contribution in [0.1, 0.15) is 22.3 Å². The fourth-order valence-corrected chi connectivity index (χ4v) is 3.86. The number of hydrogen-bond donors (Lipinski definition) is 2. The molecule has 33 heavy (non-hydrogen) atoms. The van der Waals surface area contributed by atoms with Crippen LogP contribution < -0.4 is 10.7 Å². The molecule has 1 fully saturated rings. The number of thiocarbonyl (C=S) groups is 1. The first-order valence-electron chi connectivity index (χ1n) is 10.4. The van der Waals surface area contributed by atoms with Gasteiger partial charge in [-0.25, -0.2) is 5.01 Å². The molecule has 1 aliphatic rings. The summed E-state index contributed by atoms with van der Waals surface area (Å²) in [6, 6.07) is 26.0. The maximum Gasteiger partial charge on any atom is 0.269 e. The second-order valence-corrected chi connectivity index (χ2v) is 7.87. The van der Waals surface area contributed by atoms with Gasteiger partial charge in [0.25, 0.3) is 11.8 Å². The Morgan fingerprint density at radius 3 is 2.06 bits per heavy atom. The zero-order valence-corrected chi connectivity index (χ0v) is 18.5. The minimum atomic E-state index is -0.961. The third-order valence-corrected chi connectivity index (χ3v) is 5.59. The smallest absolute Gasteiger partial charge is 0.269 e. The zero-order valence-electron chi connectivity index (χ0n) is 17.7. The van der Waals surface area contributed by atoms with Gasteiger partial charge < -0.3 is 5.32 Å². The summed E-state index contributed by atoms with van der Waals surface area (Å²) in [5.74, 6) is -1.12. The van der Waals surface area contributed by atoms with Gasteiger partial charge in [0.1, 0.15) is 6.04 Å². The summed E-state index contributed by atoms with van der Waals surface area (Å²) in [5, 5.41) is 4.25. The summed E-state index contributed by atoms with van der Waals surface area (Å²) in [6.07, 6.45) is -0.172. The van der Waals surface area contributed by atoms with E-state index >= 15 is 0 Å². The summed E-state index contributed by atoms with van der Waals surface area (Å²) < 4.78 is 0. The Morgan fingerprint density at radius 1 is 0.848 bits per heavy atom. The molecule has 4 rings (SSSR count). The number of para-hydroxylation sites is 1. The van der Waals surface area contributed by atoms with Crippen molar-refractivity contribution in [2.75, 3.05) is 5.32 Å². The van der Waals surface area contributed by atoms with Gasteiger partial charge in [0, 0.05) is 11.3 Å². The molecule has 0 radical (unpaired) electrons. The van der Waals surface area contributed by atoms with Crippen molar-refractivity contribution in [3.8, 4) is 0 Å². The molecule has 1 atom stereocenters. The molecule has 8 heteroatoms. The molecule has 166 valence electrons. The van der Waals surface area contributed by atoms with Crippen molar-refractivity contribution in [2.24, 2.45) is 0 Å². The van der Waals surface area contributed by atoms with Crippen molar-refractivity contribution >= 4 is 40.7 Å². The van der Waals surface area contributed by atoms with E-state index in [4.69, 9.17) is 12.2 Å². The Morgan fingerprint density at radius 2 is 1.42 bits per heavy atom. The van der Waals surface area contributed by atoms with E-state index in [1.165, 1.54) is 9.91 Å². The second-order valence-electron chi connectivity index (χ2n) is 7.50. The van der Waals surface area contributed by atoms with Gasteiger partial charge in [0.15, 0.2) is 5.11 Å². The predicted molar refractivity (Wildman–Crippen MR) is 129 cm³/mol. The zero-order chi connectivity index (χ0) is 23.2. The van der Waals surface area contributed by atoms with E-state index in [1.807, 2.05) is 36.4 Å². The van der Waals surface area contributed by atoms with Gasteiger partial charge in [-0.15, -0.1) is 0 Å². The molecule has 0 spiro atoms. The van der Waals surface area contributed by atoms with Crippen LogP contribution in [-0.2, 0) is 16.1 Å². The number of carbonyl (C=O) groups excluding carboxylic acids is 3. The van der Waals surface area contributed by atoms with E-state index in [0.717, 1.165) is 5.56 Å². The van der Waals surface area contributed by atoms with Crippen LogP contribution in [0.4, 0.5) is 5.69 Å².